The van der Waals surface area contributed by atoms with Crippen molar-refractivity contribution in [3.8, 4) is 0 Å². The smallest absolute Gasteiger partial charge is 0.272 e. The summed E-state index contributed by atoms with van der Waals surface area (Å²) in [6.07, 6.45) is 1.64. The Labute approximate surface area is 177 Å². The molecule has 4 rings (SSSR count). The molecule has 2 aromatic carbocycles. The first-order valence-corrected chi connectivity index (χ1v) is 10.2. The highest BCUT2D eigenvalue weighted by Gasteiger charge is 2.18. The van der Waals surface area contributed by atoms with Crippen LogP contribution in [-0.4, -0.2) is 32.4 Å². The number of hydrogen-bond acceptors (Lipinski definition) is 3. The van der Waals surface area contributed by atoms with Gasteiger partial charge in [0.15, 0.2) is 0 Å². The van der Waals surface area contributed by atoms with Crippen molar-refractivity contribution in [3.05, 3.63) is 95.6 Å². The third kappa shape index (κ3) is 4.10. The van der Waals surface area contributed by atoms with Crippen LogP contribution in [0.15, 0.2) is 72.9 Å². The molecule has 4 aromatic rings. The zero-order chi connectivity index (χ0) is 21.1. The van der Waals surface area contributed by atoms with Gasteiger partial charge in [-0.2, -0.15) is 0 Å². The Kier molecular flexibility index (Phi) is 5.61. The number of carbonyl (C=O) groups excluding carboxylic acids is 1. The van der Waals surface area contributed by atoms with Crippen LogP contribution in [0, 0.1) is 0 Å². The minimum absolute atomic E-state index is 0.115. The summed E-state index contributed by atoms with van der Waals surface area (Å²) in [5.74, 6) is 1.25. The predicted molar refractivity (Wildman–Crippen MR) is 119 cm³/mol. The molecule has 0 aliphatic rings. The zero-order valence-corrected chi connectivity index (χ0v) is 17.6. The van der Waals surface area contributed by atoms with Gasteiger partial charge in [0.2, 0.25) is 0 Å². The summed E-state index contributed by atoms with van der Waals surface area (Å²) in [6.45, 7) is 5.52. The maximum absolute atomic E-state index is 12.8. The number of aromatic nitrogens is 3. The molecule has 0 fully saturated rings. The number of rotatable bonds is 6. The van der Waals surface area contributed by atoms with Gasteiger partial charge in [-0.25, -0.2) is 4.98 Å². The fraction of sp³-hybridized carbons (Fsp3) is 0.240. The molecule has 0 saturated carbocycles. The van der Waals surface area contributed by atoms with E-state index >= 15 is 0 Å². The minimum Gasteiger partial charge on any atom is -0.333 e. The summed E-state index contributed by atoms with van der Waals surface area (Å²) in [5, 5.41) is 0. The molecule has 0 aliphatic heterocycles. The average molecular weight is 399 g/mol. The van der Waals surface area contributed by atoms with Crippen LogP contribution in [0.5, 0.6) is 0 Å². The molecule has 5 nitrogen and oxygen atoms in total. The molecule has 0 saturated heterocycles. The van der Waals surface area contributed by atoms with Crippen molar-refractivity contribution < 1.29 is 4.79 Å². The van der Waals surface area contributed by atoms with Gasteiger partial charge in [-0.15, -0.1) is 0 Å². The molecule has 0 bridgehead atoms. The van der Waals surface area contributed by atoms with Crippen LogP contribution in [0.2, 0.25) is 0 Å². The molecule has 2 heterocycles. The summed E-state index contributed by atoms with van der Waals surface area (Å²) in [4.78, 5) is 23.4. The summed E-state index contributed by atoms with van der Waals surface area (Å²) in [6, 6.07) is 22.2. The van der Waals surface area contributed by atoms with Crippen molar-refractivity contribution in [2.75, 3.05) is 7.05 Å². The third-order valence-electron chi connectivity index (χ3n) is 5.33. The first-order chi connectivity index (χ1) is 14.5. The number of nitrogens with zero attached hydrogens (tertiary/aromatic N) is 4. The third-order valence-corrected chi connectivity index (χ3v) is 5.33. The number of carbonyl (C=O) groups is 1. The molecule has 30 heavy (non-hydrogen) atoms. The molecule has 0 unspecified atom stereocenters. The molecule has 1 amide bonds. The van der Waals surface area contributed by atoms with Gasteiger partial charge in [0, 0.05) is 19.8 Å². The van der Waals surface area contributed by atoms with E-state index < -0.39 is 0 Å². The molecule has 0 radical (unpaired) electrons. The van der Waals surface area contributed by atoms with E-state index in [0.29, 0.717) is 24.7 Å². The second-order valence-electron chi connectivity index (χ2n) is 7.88. The second kappa shape index (κ2) is 8.49. The van der Waals surface area contributed by atoms with E-state index in [4.69, 9.17) is 4.98 Å². The molecule has 0 spiro atoms. The van der Waals surface area contributed by atoms with Gasteiger partial charge >= 0.3 is 0 Å². The number of imidazole rings is 1. The molecule has 0 N–H and O–H groups in total. The van der Waals surface area contributed by atoms with Gasteiger partial charge in [0.05, 0.1) is 17.6 Å². The van der Waals surface area contributed by atoms with Gasteiger partial charge < -0.3 is 9.47 Å². The summed E-state index contributed by atoms with van der Waals surface area (Å²) < 4.78 is 2.20. The van der Waals surface area contributed by atoms with Crippen molar-refractivity contribution in [3.63, 3.8) is 0 Å². The molecular formula is C25H26N4O. The van der Waals surface area contributed by atoms with Crippen molar-refractivity contribution in [2.45, 2.75) is 32.9 Å². The molecule has 0 atom stereocenters. The van der Waals surface area contributed by atoms with E-state index in [2.05, 4.69) is 53.7 Å². The van der Waals surface area contributed by atoms with Crippen LogP contribution >= 0.6 is 0 Å². The fourth-order valence-corrected chi connectivity index (χ4v) is 3.58. The van der Waals surface area contributed by atoms with Gasteiger partial charge in [-0.1, -0.05) is 56.3 Å². The quantitative estimate of drug-likeness (QED) is 0.465. The monoisotopic (exact) mass is 398 g/mol. The Hall–Kier alpha value is -3.47. The lowest BCUT2D eigenvalue weighted by molar-refractivity contribution is 0.0774. The Morgan fingerprint density at radius 3 is 2.43 bits per heavy atom. The fourth-order valence-electron chi connectivity index (χ4n) is 3.58. The van der Waals surface area contributed by atoms with Crippen molar-refractivity contribution in [2.24, 2.45) is 0 Å². The van der Waals surface area contributed by atoms with Crippen molar-refractivity contribution in [1.82, 2.24) is 19.4 Å². The molecule has 2 aromatic heterocycles. The van der Waals surface area contributed by atoms with E-state index in [1.165, 1.54) is 11.1 Å². The average Bonchev–Trinajstić information content (AvgIpc) is 3.11. The van der Waals surface area contributed by atoms with Crippen LogP contribution in [0.3, 0.4) is 0 Å². The normalized spacial score (nSPS) is 11.2. The molecule has 152 valence electrons. The van der Waals surface area contributed by atoms with Gasteiger partial charge in [0.1, 0.15) is 11.5 Å². The highest BCUT2D eigenvalue weighted by Crippen LogP contribution is 2.21. The lowest BCUT2D eigenvalue weighted by Crippen LogP contribution is -2.28. The van der Waals surface area contributed by atoms with Crippen molar-refractivity contribution in [1.29, 1.82) is 0 Å². The Morgan fingerprint density at radius 2 is 1.73 bits per heavy atom. The number of pyridine rings is 1. The standard InChI is InChI=1S/C25H26N4O/c1-18(2)20-13-11-19(12-14-20)16-29-23-10-5-4-8-21(23)27-24(29)17-28(3)25(30)22-9-6-7-15-26-22/h4-15,18H,16-17H2,1-3H3. The lowest BCUT2D eigenvalue weighted by atomic mass is 10.0. The summed E-state index contributed by atoms with van der Waals surface area (Å²) in [5.41, 5.74) is 4.98. The number of fused-ring (bicyclic) bond motifs is 1. The maximum atomic E-state index is 12.8. The van der Waals surface area contributed by atoms with E-state index in [1.807, 2.05) is 24.3 Å². The Balaban J connectivity index is 1.64. The number of para-hydroxylation sites is 2. The van der Waals surface area contributed by atoms with Crippen molar-refractivity contribution >= 4 is 16.9 Å². The van der Waals surface area contributed by atoms with Gasteiger partial charge in [-0.05, 0) is 41.3 Å². The van der Waals surface area contributed by atoms with Gasteiger partial charge in [-0.3, -0.25) is 9.78 Å². The predicted octanol–water partition coefficient (Wildman–Crippen LogP) is 4.88. The number of hydrogen-bond donors (Lipinski definition) is 0. The second-order valence-corrected chi connectivity index (χ2v) is 7.88. The van der Waals surface area contributed by atoms with Crippen LogP contribution in [0.4, 0.5) is 0 Å². The lowest BCUT2D eigenvalue weighted by Gasteiger charge is -2.18. The Bertz CT molecular complexity index is 1150. The van der Waals surface area contributed by atoms with Crippen LogP contribution in [-0.2, 0) is 13.1 Å². The summed E-state index contributed by atoms with van der Waals surface area (Å²) >= 11 is 0. The van der Waals surface area contributed by atoms with E-state index in [0.717, 1.165) is 16.9 Å². The highest BCUT2D eigenvalue weighted by molar-refractivity contribution is 5.92. The molecule has 0 aliphatic carbocycles. The van der Waals surface area contributed by atoms with E-state index in [1.54, 1.807) is 30.3 Å². The SMILES string of the molecule is CC(C)c1ccc(Cn2c(CN(C)C(=O)c3ccccn3)nc3ccccc32)cc1. The largest absolute Gasteiger partial charge is 0.333 e. The minimum atomic E-state index is -0.115. The van der Waals surface area contributed by atoms with Crippen LogP contribution in [0.1, 0.15) is 47.2 Å². The number of amides is 1. The topological polar surface area (TPSA) is 51.0 Å². The first kappa shape index (κ1) is 19.8. The molecule has 5 heteroatoms. The maximum Gasteiger partial charge on any atom is 0.272 e. The Morgan fingerprint density at radius 1 is 1.00 bits per heavy atom. The molecular weight excluding hydrogens is 372 g/mol. The highest BCUT2D eigenvalue weighted by atomic mass is 16.2. The summed E-state index contributed by atoms with van der Waals surface area (Å²) in [7, 11) is 1.79. The first-order valence-electron chi connectivity index (χ1n) is 10.2. The van der Waals surface area contributed by atoms with Crippen LogP contribution < -0.4 is 0 Å². The van der Waals surface area contributed by atoms with Crippen LogP contribution in [0.25, 0.3) is 11.0 Å². The number of benzene rings is 2. The van der Waals surface area contributed by atoms with E-state index in [-0.39, 0.29) is 5.91 Å². The van der Waals surface area contributed by atoms with Gasteiger partial charge in [0.25, 0.3) is 5.91 Å². The van der Waals surface area contributed by atoms with E-state index in [9.17, 15) is 4.79 Å². The zero-order valence-electron chi connectivity index (χ0n) is 17.6.